The van der Waals surface area contributed by atoms with E-state index in [0.29, 0.717) is 44.0 Å². The molecule has 0 spiro atoms. The zero-order chi connectivity index (χ0) is 20.0. The van der Waals surface area contributed by atoms with Crippen molar-refractivity contribution in [2.45, 2.75) is 13.0 Å². The number of aliphatic imine (C=N–C) groups is 1. The summed E-state index contributed by atoms with van der Waals surface area (Å²) in [5.41, 5.74) is 0.984. The van der Waals surface area contributed by atoms with E-state index in [-0.39, 0.29) is 5.82 Å². The van der Waals surface area contributed by atoms with Crippen LogP contribution in [0.4, 0.5) is 4.39 Å². The van der Waals surface area contributed by atoms with Gasteiger partial charge in [-0.05, 0) is 42.3 Å². The van der Waals surface area contributed by atoms with E-state index in [4.69, 9.17) is 14.2 Å². The van der Waals surface area contributed by atoms with Gasteiger partial charge >= 0.3 is 0 Å². The van der Waals surface area contributed by atoms with Crippen LogP contribution < -0.4 is 15.4 Å². The summed E-state index contributed by atoms with van der Waals surface area (Å²) < 4.78 is 29.0. The van der Waals surface area contributed by atoms with Gasteiger partial charge in [0.1, 0.15) is 11.6 Å². The lowest BCUT2D eigenvalue weighted by Gasteiger charge is -2.12. The van der Waals surface area contributed by atoms with Gasteiger partial charge in [-0.15, -0.1) is 0 Å². The highest BCUT2D eigenvalue weighted by molar-refractivity contribution is 5.79. The summed E-state index contributed by atoms with van der Waals surface area (Å²) in [6.07, 6.45) is 2.54. The summed E-state index contributed by atoms with van der Waals surface area (Å²) in [4.78, 5) is 8.38. The second-order valence-corrected chi connectivity index (χ2v) is 5.87. The molecule has 8 heteroatoms. The Bertz CT molecular complexity index is 726. The Morgan fingerprint density at radius 2 is 1.93 bits per heavy atom. The highest BCUT2D eigenvalue weighted by Gasteiger charge is 2.03. The predicted molar refractivity (Wildman–Crippen MR) is 106 cm³/mol. The van der Waals surface area contributed by atoms with Crippen LogP contribution in [0, 0.1) is 5.82 Å². The summed E-state index contributed by atoms with van der Waals surface area (Å²) in [6.45, 7) is 3.19. The van der Waals surface area contributed by atoms with Gasteiger partial charge in [0.25, 0.3) is 0 Å². The van der Waals surface area contributed by atoms with E-state index in [0.717, 1.165) is 18.5 Å². The van der Waals surface area contributed by atoms with E-state index >= 15 is 0 Å². The molecule has 0 radical (unpaired) electrons. The molecule has 0 aliphatic rings. The summed E-state index contributed by atoms with van der Waals surface area (Å²) in [7, 11) is 3.38. The van der Waals surface area contributed by atoms with Crippen molar-refractivity contribution in [3.05, 3.63) is 54.0 Å². The highest BCUT2D eigenvalue weighted by Crippen LogP contribution is 2.20. The van der Waals surface area contributed by atoms with Crippen molar-refractivity contribution in [2.24, 2.45) is 4.99 Å². The Hall–Kier alpha value is -2.71. The standard InChI is InChI=1S/C20H27FN4O3/c1-22-20(24-9-3-11-27-13-12-26-2)25-15-16-8-10-23-19(14-16)28-18-6-4-17(21)5-7-18/h4-8,10,14H,3,9,11-13,15H2,1-2H3,(H2,22,24,25). The molecule has 2 aromatic rings. The van der Waals surface area contributed by atoms with E-state index < -0.39 is 0 Å². The van der Waals surface area contributed by atoms with Gasteiger partial charge in [0.05, 0.1) is 13.2 Å². The summed E-state index contributed by atoms with van der Waals surface area (Å²) in [5.74, 6) is 1.37. The van der Waals surface area contributed by atoms with E-state index in [2.05, 4.69) is 20.6 Å². The average molecular weight is 390 g/mol. The first-order valence-corrected chi connectivity index (χ1v) is 9.11. The van der Waals surface area contributed by atoms with Gasteiger partial charge in [0.2, 0.25) is 5.88 Å². The van der Waals surface area contributed by atoms with Gasteiger partial charge < -0.3 is 24.8 Å². The predicted octanol–water partition coefficient (Wildman–Crippen LogP) is 2.73. The van der Waals surface area contributed by atoms with Crippen LogP contribution in [0.5, 0.6) is 11.6 Å². The molecular weight excluding hydrogens is 363 g/mol. The molecule has 0 atom stereocenters. The molecule has 0 aliphatic carbocycles. The average Bonchev–Trinajstić information content (AvgIpc) is 2.71. The quantitative estimate of drug-likeness (QED) is 0.349. The molecular formula is C20H27FN4O3. The first-order chi connectivity index (χ1) is 13.7. The number of hydrogen-bond donors (Lipinski definition) is 2. The first-order valence-electron chi connectivity index (χ1n) is 9.11. The molecule has 28 heavy (non-hydrogen) atoms. The fourth-order valence-electron chi connectivity index (χ4n) is 2.27. The monoisotopic (exact) mass is 390 g/mol. The molecule has 152 valence electrons. The van der Waals surface area contributed by atoms with Crippen LogP contribution in [0.25, 0.3) is 0 Å². The van der Waals surface area contributed by atoms with Crippen LogP contribution in [-0.4, -0.2) is 51.5 Å². The summed E-state index contributed by atoms with van der Waals surface area (Å²) >= 11 is 0. The number of halogens is 1. The number of nitrogens with zero attached hydrogens (tertiary/aromatic N) is 2. The first kappa shape index (κ1) is 21.6. The third-order valence-electron chi connectivity index (χ3n) is 3.71. The lowest BCUT2D eigenvalue weighted by molar-refractivity contribution is 0.0698. The maximum atomic E-state index is 13.0. The molecule has 0 unspecified atom stereocenters. The number of rotatable bonds is 11. The van der Waals surface area contributed by atoms with E-state index in [1.807, 2.05) is 12.1 Å². The van der Waals surface area contributed by atoms with Crippen molar-refractivity contribution in [3.63, 3.8) is 0 Å². The minimum Gasteiger partial charge on any atom is -0.439 e. The number of ether oxygens (including phenoxy) is 3. The van der Waals surface area contributed by atoms with E-state index in [1.54, 1.807) is 32.5 Å². The molecule has 1 aromatic carbocycles. The molecule has 0 bridgehead atoms. The van der Waals surface area contributed by atoms with E-state index in [1.165, 1.54) is 12.1 Å². The zero-order valence-corrected chi connectivity index (χ0v) is 16.3. The Morgan fingerprint density at radius 3 is 2.68 bits per heavy atom. The molecule has 2 rings (SSSR count). The fourth-order valence-corrected chi connectivity index (χ4v) is 2.27. The Morgan fingerprint density at radius 1 is 1.11 bits per heavy atom. The molecule has 1 heterocycles. The Balaban J connectivity index is 1.74. The SMILES string of the molecule is CN=C(NCCCOCCOC)NCc1ccnc(Oc2ccc(F)cc2)c1. The summed E-state index contributed by atoms with van der Waals surface area (Å²) in [6, 6.07) is 9.53. The fraction of sp³-hybridized carbons (Fsp3) is 0.400. The zero-order valence-electron chi connectivity index (χ0n) is 16.3. The highest BCUT2D eigenvalue weighted by atomic mass is 19.1. The van der Waals surface area contributed by atoms with Crippen LogP contribution in [0.3, 0.4) is 0 Å². The van der Waals surface area contributed by atoms with Crippen molar-refractivity contribution >= 4 is 5.96 Å². The minimum atomic E-state index is -0.307. The third kappa shape index (κ3) is 8.32. The minimum absolute atomic E-state index is 0.307. The maximum Gasteiger partial charge on any atom is 0.219 e. The van der Waals surface area contributed by atoms with Gasteiger partial charge in [0, 0.05) is 46.1 Å². The number of methoxy groups -OCH3 is 1. The van der Waals surface area contributed by atoms with Crippen LogP contribution in [0.15, 0.2) is 47.6 Å². The van der Waals surface area contributed by atoms with Gasteiger partial charge in [-0.25, -0.2) is 9.37 Å². The van der Waals surface area contributed by atoms with Crippen LogP contribution in [0.1, 0.15) is 12.0 Å². The van der Waals surface area contributed by atoms with Crippen LogP contribution >= 0.6 is 0 Å². The third-order valence-corrected chi connectivity index (χ3v) is 3.71. The van der Waals surface area contributed by atoms with Crippen molar-refractivity contribution in [3.8, 4) is 11.6 Å². The van der Waals surface area contributed by atoms with Gasteiger partial charge in [0.15, 0.2) is 5.96 Å². The number of hydrogen-bond acceptors (Lipinski definition) is 5. The lowest BCUT2D eigenvalue weighted by Crippen LogP contribution is -2.37. The molecule has 0 amide bonds. The van der Waals surface area contributed by atoms with Gasteiger partial charge in [-0.3, -0.25) is 4.99 Å². The topological polar surface area (TPSA) is 77.0 Å². The van der Waals surface area contributed by atoms with Crippen molar-refractivity contribution in [1.82, 2.24) is 15.6 Å². The van der Waals surface area contributed by atoms with Crippen LogP contribution in [-0.2, 0) is 16.0 Å². The molecule has 2 N–H and O–H groups in total. The lowest BCUT2D eigenvalue weighted by atomic mass is 10.2. The Kier molecular flexibility index (Phi) is 9.74. The van der Waals surface area contributed by atoms with Crippen molar-refractivity contribution in [1.29, 1.82) is 0 Å². The summed E-state index contributed by atoms with van der Waals surface area (Å²) in [5, 5.41) is 6.48. The number of guanidine groups is 1. The molecule has 0 aliphatic heterocycles. The number of benzene rings is 1. The van der Waals surface area contributed by atoms with Gasteiger partial charge in [-0.2, -0.15) is 0 Å². The Labute approximate surface area is 164 Å². The molecule has 0 saturated heterocycles. The van der Waals surface area contributed by atoms with Crippen LogP contribution in [0.2, 0.25) is 0 Å². The van der Waals surface area contributed by atoms with Gasteiger partial charge in [-0.1, -0.05) is 0 Å². The van der Waals surface area contributed by atoms with Crippen molar-refractivity contribution < 1.29 is 18.6 Å². The number of pyridine rings is 1. The number of nitrogens with one attached hydrogen (secondary N) is 2. The largest absolute Gasteiger partial charge is 0.439 e. The normalized spacial score (nSPS) is 11.3. The smallest absolute Gasteiger partial charge is 0.219 e. The molecule has 0 fully saturated rings. The van der Waals surface area contributed by atoms with Crippen molar-refractivity contribution in [2.75, 3.05) is 40.5 Å². The maximum absolute atomic E-state index is 13.0. The molecule has 7 nitrogen and oxygen atoms in total. The molecule has 0 saturated carbocycles. The number of aromatic nitrogens is 1. The van der Waals surface area contributed by atoms with E-state index in [9.17, 15) is 4.39 Å². The second kappa shape index (κ2) is 12.6. The second-order valence-electron chi connectivity index (χ2n) is 5.87. The molecule has 1 aromatic heterocycles.